The summed E-state index contributed by atoms with van der Waals surface area (Å²) in [5, 5.41) is 0. The Bertz CT molecular complexity index is 403. The maximum absolute atomic E-state index is 13.6. The Morgan fingerprint density at radius 1 is 1.22 bits per heavy atom. The number of hydrogen-bond donors (Lipinski definition) is 1. The molecule has 1 atom stereocenters. The molecule has 0 bridgehead atoms. The SMILES string of the molecule is CN1CCN(CC(N)c2ccc(F)cc2F)CC1. The topological polar surface area (TPSA) is 32.5 Å². The molecule has 0 spiro atoms. The first-order chi connectivity index (χ1) is 8.56. The number of nitrogens with two attached hydrogens (primary N) is 1. The molecule has 1 aliphatic heterocycles. The highest BCUT2D eigenvalue weighted by molar-refractivity contribution is 5.22. The molecule has 0 aromatic heterocycles. The standard InChI is InChI=1S/C13H19F2N3/c1-17-4-6-18(7-5-17)9-13(16)11-3-2-10(14)8-12(11)15/h2-3,8,13H,4-7,9,16H2,1H3. The van der Waals surface area contributed by atoms with E-state index in [-0.39, 0.29) is 0 Å². The molecule has 5 heteroatoms. The van der Waals surface area contributed by atoms with Crippen LogP contribution in [0.3, 0.4) is 0 Å². The summed E-state index contributed by atoms with van der Waals surface area (Å²) in [7, 11) is 2.08. The van der Waals surface area contributed by atoms with Crippen molar-refractivity contribution in [2.45, 2.75) is 6.04 Å². The lowest BCUT2D eigenvalue weighted by Crippen LogP contribution is -2.46. The van der Waals surface area contributed by atoms with Gasteiger partial charge in [0.2, 0.25) is 0 Å². The van der Waals surface area contributed by atoms with Crippen LogP contribution in [0.2, 0.25) is 0 Å². The van der Waals surface area contributed by atoms with Gasteiger partial charge in [-0.25, -0.2) is 8.78 Å². The Morgan fingerprint density at radius 3 is 2.50 bits per heavy atom. The van der Waals surface area contributed by atoms with E-state index in [1.54, 1.807) is 0 Å². The first kappa shape index (κ1) is 13.4. The van der Waals surface area contributed by atoms with Crippen LogP contribution in [0.5, 0.6) is 0 Å². The van der Waals surface area contributed by atoms with Crippen molar-refractivity contribution >= 4 is 0 Å². The Kier molecular flexibility index (Phi) is 4.27. The third-order valence-electron chi connectivity index (χ3n) is 3.41. The normalized spacial score (nSPS) is 20.0. The van der Waals surface area contributed by atoms with Crippen LogP contribution in [0.15, 0.2) is 18.2 Å². The molecule has 1 fully saturated rings. The van der Waals surface area contributed by atoms with Gasteiger partial charge in [-0.15, -0.1) is 0 Å². The summed E-state index contributed by atoms with van der Waals surface area (Å²) >= 11 is 0. The summed E-state index contributed by atoms with van der Waals surface area (Å²) in [5.41, 5.74) is 6.38. The van der Waals surface area contributed by atoms with Gasteiger partial charge >= 0.3 is 0 Å². The number of hydrogen-bond acceptors (Lipinski definition) is 3. The minimum Gasteiger partial charge on any atom is -0.323 e. The minimum atomic E-state index is -0.567. The molecule has 1 unspecified atom stereocenters. The van der Waals surface area contributed by atoms with Crippen molar-refractivity contribution in [1.29, 1.82) is 0 Å². The molecule has 1 saturated heterocycles. The predicted octanol–water partition coefficient (Wildman–Crippen LogP) is 1.21. The van der Waals surface area contributed by atoms with Crippen LogP contribution >= 0.6 is 0 Å². The molecule has 3 nitrogen and oxygen atoms in total. The van der Waals surface area contributed by atoms with Gasteiger partial charge in [0.25, 0.3) is 0 Å². The number of piperazine rings is 1. The van der Waals surface area contributed by atoms with Crippen molar-refractivity contribution in [3.63, 3.8) is 0 Å². The number of halogens is 2. The number of rotatable bonds is 3. The second-order valence-corrected chi connectivity index (χ2v) is 4.88. The lowest BCUT2D eigenvalue weighted by molar-refractivity contribution is 0.147. The van der Waals surface area contributed by atoms with Crippen molar-refractivity contribution in [2.75, 3.05) is 39.8 Å². The predicted molar refractivity (Wildman–Crippen MR) is 67.2 cm³/mol. The molecule has 0 aliphatic carbocycles. The second kappa shape index (κ2) is 5.73. The number of nitrogens with zero attached hydrogens (tertiary/aromatic N) is 2. The smallest absolute Gasteiger partial charge is 0.130 e. The van der Waals surface area contributed by atoms with E-state index in [4.69, 9.17) is 5.73 Å². The van der Waals surface area contributed by atoms with Crippen LogP contribution in [-0.4, -0.2) is 49.6 Å². The van der Waals surface area contributed by atoms with E-state index in [1.165, 1.54) is 12.1 Å². The molecule has 18 heavy (non-hydrogen) atoms. The first-order valence-corrected chi connectivity index (χ1v) is 6.17. The molecule has 1 aromatic carbocycles. The average molecular weight is 255 g/mol. The summed E-state index contributed by atoms with van der Waals surface area (Å²) in [4.78, 5) is 4.47. The fraction of sp³-hybridized carbons (Fsp3) is 0.538. The second-order valence-electron chi connectivity index (χ2n) is 4.88. The molecule has 1 aliphatic rings. The molecule has 0 radical (unpaired) electrons. The van der Waals surface area contributed by atoms with Crippen LogP contribution in [0.4, 0.5) is 8.78 Å². The third kappa shape index (κ3) is 3.25. The molecular formula is C13H19F2N3. The monoisotopic (exact) mass is 255 g/mol. The Hall–Kier alpha value is -1.04. The van der Waals surface area contributed by atoms with E-state index < -0.39 is 17.7 Å². The van der Waals surface area contributed by atoms with Gasteiger partial charge in [0, 0.05) is 50.4 Å². The zero-order valence-corrected chi connectivity index (χ0v) is 10.6. The third-order valence-corrected chi connectivity index (χ3v) is 3.41. The minimum absolute atomic E-state index is 0.385. The lowest BCUT2D eigenvalue weighted by Gasteiger charge is -2.33. The fourth-order valence-corrected chi connectivity index (χ4v) is 2.21. The number of likely N-dealkylation sites (N-methyl/N-ethyl adjacent to an activating group) is 1. The maximum atomic E-state index is 13.6. The van der Waals surface area contributed by atoms with Gasteiger partial charge in [-0.3, -0.25) is 4.90 Å². The van der Waals surface area contributed by atoms with Crippen LogP contribution in [0, 0.1) is 11.6 Å². The molecule has 2 N–H and O–H groups in total. The highest BCUT2D eigenvalue weighted by Crippen LogP contribution is 2.17. The van der Waals surface area contributed by atoms with Crippen molar-refractivity contribution in [3.8, 4) is 0 Å². The first-order valence-electron chi connectivity index (χ1n) is 6.17. The van der Waals surface area contributed by atoms with Gasteiger partial charge in [-0.1, -0.05) is 6.07 Å². The van der Waals surface area contributed by atoms with E-state index in [9.17, 15) is 8.78 Å². The van der Waals surface area contributed by atoms with E-state index >= 15 is 0 Å². The van der Waals surface area contributed by atoms with Gasteiger partial charge in [0.05, 0.1) is 0 Å². The Labute approximate surface area is 106 Å². The molecule has 2 rings (SSSR count). The molecule has 0 saturated carbocycles. The van der Waals surface area contributed by atoms with Gasteiger partial charge in [-0.2, -0.15) is 0 Å². The largest absolute Gasteiger partial charge is 0.323 e. The Balaban J connectivity index is 1.97. The summed E-state index contributed by atoms with van der Waals surface area (Å²) in [6, 6.07) is 3.17. The zero-order valence-electron chi connectivity index (χ0n) is 10.6. The van der Waals surface area contributed by atoms with E-state index in [0.29, 0.717) is 12.1 Å². The molecule has 1 aromatic rings. The van der Waals surface area contributed by atoms with Gasteiger partial charge in [0.15, 0.2) is 0 Å². The quantitative estimate of drug-likeness (QED) is 0.881. The van der Waals surface area contributed by atoms with Crippen molar-refractivity contribution < 1.29 is 8.78 Å². The van der Waals surface area contributed by atoms with Crippen LogP contribution in [0.25, 0.3) is 0 Å². The van der Waals surface area contributed by atoms with Crippen molar-refractivity contribution in [1.82, 2.24) is 9.80 Å². The van der Waals surface area contributed by atoms with Gasteiger partial charge < -0.3 is 10.6 Å². The molecule has 0 amide bonds. The summed E-state index contributed by atoms with van der Waals surface area (Å²) in [6.07, 6.45) is 0. The fourth-order valence-electron chi connectivity index (χ4n) is 2.21. The molecule has 100 valence electrons. The highest BCUT2D eigenvalue weighted by Gasteiger charge is 2.19. The van der Waals surface area contributed by atoms with Gasteiger partial charge in [0.1, 0.15) is 11.6 Å². The van der Waals surface area contributed by atoms with E-state index in [0.717, 1.165) is 32.2 Å². The highest BCUT2D eigenvalue weighted by atomic mass is 19.1. The summed E-state index contributed by atoms with van der Waals surface area (Å²) < 4.78 is 26.4. The zero-order chi connectivity index (χ0) is 13.1. The van der Waals surface area contributed by atoms with E-state index in [2.05, 4.69) is 16.8 Å². The van der Waals surface area contributed by atoms with E-state index in [1.807, 2.05) is 0 Å². The van der Waals surface area contributed by atoms with Crippen molar-refractivity contribution in [3.05, 3.63) is 35.4 Å². The number of benzene rings is 1. The summed E-state index contributed by atoms with van der Waals surface area (Å²) in [5.74, 6) is -1.13. The maximum Gasteiger partial charge on any atom is 0.130 e. The molecule has 1 heterocycles. The van der Waals surface area contributed by atoms with Crippen LogP contribution < -0.4 is 5.73 Å². The molecular weight excluding hydrogens is 236 g/mol. The van der Waals surface area contributed by atoms with Crippen LogP contribution in [-0.2, 0) is 0 Å². The Morgan fingerprint density at radius 2 is 1.89 bits per heavy atom. The summed E-state index contributed by atoms with van der Waals surface area (Å²) in [6.45, 7) is 4.48. The van der Waals surface area contributed by atoms with Gasteiger partial charge in [-0.05, 0) is 13.1 Å². The van der Waals surface area contributed by atoms with Crippen molar-refractivity contribution in [2.24, 2.45) is 5.73 Å². The lowest BCUT2D eigenvalue weighted by atomic mass is 10.1. The average Bonchev–Trinajstić information content (AvgIpc) is 2.32. The van der Waals surface area contributed by atoms with Crippen LogP contribution in [0.1, 0.15) is 11.6 Å².